The molecule has 0 spiro atoms. The number of carbonyl (C=O) groups is 2. The number of hydrogen-bond acceptors (Lipinski definition) is 4. The number of ketones is 1. The molecule has 1 fully saturated rings. The van der Waals surface area contributed by atoms with Gasteiger partial charge >= 0.3 is 0 Å². The third-order valence-corrected chi connectivity index (χ3v) is 4.64. The Morgan fingerprint density at radius 1 is 1.15 bits per heavy atom. The molecule has 0 aliphatic carbocycles. The molecule has 1 aliphatic rings. The summed E-state index contributed by atoms with van der Waals surface area (Å²) in [6.45, 7) is 3.79. The average Bonchev–Trinajstić information content (AvgIpc) is 2.66. The predicted octanol–water partition coefficient (Wildman–Crippen LogP) is 2.92. The lowest BCUT2D eigenvalue weighted by atomic mass is 10.1. The third-order valence-electron chi connectivity index (χ3n) is 4.64. The SMILES string of the molecule is C[C@H]1CN(C(=O)CCC(=O)c2ccccn2)CCN1c1cccc(F)c1. The zero-order valence-electron chi connectivity index (χ0n) is 14.8. The summed E-state index contributed by atoms with van der Waals surface area (Å²) in [6.07, 6.45) is 1.92. The Balaban J connectivity index is 1.53. The van der Waals surface area contributed by atoms with Gasteiger partial charge in [0.25, 0.3) is 0 Å². The van der Waals surface area contributed by atoms with Crippen molar-refractivity contribution in [2.45, 2.75) is 25.8 Å². The van der Waals surface area contributed by atoms with Crippen LogP contribution in [0.5, 0.6) is 0 Å². The lowest BCUT2D eigenvalue weighted by molar-refractivity contribution is -0.131. The Hall–Kier alpha value is -2.76. The number of amides is 1. The van der Waals surface area contributed by atoms with E-state index < -0.39 is 0 Å². The first-order chi connectivity index (χ1) is 12.5. The summed E-state index contributed by atoms with van der Waals surface area (Å²) in [5, 5.41) is 0. The van der Waals surface area contributed by atoms with Gasteiger partial charge in [0.1, 0.15) is 11.5 Å². The first-order valence-corrected chi connectivity index (χ1v) is 8.79. The molecule has 1 atom stereocenters. The van der Waals surface area contributed by atoms with Gasteiger partial charge in [-0.1, -0.05) is 12.1 Å². The maximum atomic E-state index is 13.4. The van der Waals surface area contributed by atoms with Crippen molar-refractivity contribution < 1.29 is 14.0 Å². The second-order valence-electron chi connectivity index (χ2n) is 6.50. The molecule has 5 nitrogen and oxygen atoms in total. The smallest absolute Gasteiger partial charge is 0.223 e. The van der Waals surface area contributed by atoms with E-state index in [1.54, 1.807) is 35.4 Å². The van der Waals surface area contributed by atoms with Crippen molar-refractivity contribution in [1.82, 2.24) is 9.88 Å². The molecule has 1 amide bonds. The van der Waals surface area contributed by atoms with Gasteiger partial charge in [0.15, 0.2) is 5.78 Å². The number of rotatable bonds is 5. The molecule has 2 aromatic rings. The van der Waals surface area contributed by atoms with Gasteiger partial charge in [-0.3, -0.25) is 14.6 Å². The van der Waals surface area contributed by atoms with E-state index in [-0.39, 0.29) is 36.4 Å². The first-order valence-electron chi connectivity index (χ1n) is 8.79. The number of piperazine rings is 1. The fourth-order valence-electron chi connectivity index (χ4n) is 3.26. The van der Waals surface area contributed by atoms with Crippen molar-refractivity contribution in [2.24, 2.45) is 0 Å². The van der Waals surface area contributed by atoms with Crippen molar-refractivity contribution in [3.8, 4) is 0 Å². The van der Waals surface area contributed by atoms with Crippen LogP contribution in [0.4, 0.5) is 10.1 Å². The Bertz CT molecular complexity index is 782. The quantitative estimate of drug-likeness (QED) is 0.774. The van der Waals surface area contributed by atoms with Crippen LogP contribution in [0.3, 0.4) is 0 Å². The fraction of sp³-hybridized carbons (Fsp3) is 0.350. The molecular formula is C20H22FN3O2. The number of aromatic nitrogens is 1. The molecule has 6 heteroatoms. The molecule has 0 N–H and O–H groups in total. The number of hydrogen-bond donors (Lipinski definition) is 0. The minimum Gasteiger partial charge on any atom is -0.365 e. The molecule has 3 rings (SSSR count). The van der Waals surface area contributed by atoms with E-state index in [1.807, 2.05) is 13.0 Å². The molecule has 1 aromatic heterocycles. The van der Waals surface area contributed by atoms with Gasteiger partial charge < -0.3 is 9.80 Å². The van der Waals surface area contributed by atoms with Gasteiger partial charge in [-0.2, -0.15) is 0 Å². The number of pyridine rings is 1. The van der Waals surface area contributed by atoms with Gasteiger partial charge in [0.2, 0.25) is 5.91 Å². The molecule has 1 saturated heterocycles. The number of nitrogens with zero attached hydrogens (tertiary/aromatic N) is 3. The highest BCUT2D eigenvalue weighted by molar-refractivity contribution is 5.96. The number of carbonyl (C=O) groups excluding carboxylic acids is 2. The lowest BCUT2D eigenvalue weighted by Gasteiger charge is -2.41. The van der Waals surface area contributed by atoms with E-state index in [9.17, 15) is 14.0 Å². The molecule has 136 valence electrons. The van der Waals surface area contributed by atoms with Crippen molar-refractivity contribution in [3.05, 3.63) is 60.2 Å². The number of benzene rings is 1. The summed E-state index contributed by atoms with van der Waals surface area (Å²) < 4.78 is 13.4. The average molecular weight is 355 g/mol. The Labute approximate surface area is 152 Å². The molecule has 0 radical (unpaired) electrons. The molecule has 0 bridgehead atoms. The van der Waals surface area contributed by atoms with Crippen molar-refractivity contribution in [1.29, 1.82) is 0 Å². The highest BCUT2D eigenvalue weighted by Crippen LogP contribution is 2.22. The summed E-state index contributed by atoms with van der Waals surface area (Å²) in [5.41, 5.74) is 1.22. The zero-order chi connectivity index (χ0) is 18.5. The monoisotopic (exact) mass is 355 g/mol. The van der Waals surface area contributed by atoms with Crippen LogP contribution in [-0.2, 0) is 4.79 Å². The zero-order valence-corrected chi connectivity index (χ0v) is 14.8. The third kappa shape index (κ3) is 4.25. The van der Waals surface area contributed by atoms with E-state index in [0.717, 1.165) is 5.69 Å². The van der Waals surface area contributed by atoms with Gasteiger partial charge in [0.05, 0.1) is 0 Å². The summed E-state index contributed by atoms with van der Waals surface area (Å²) >= 11 is 0. The molecule has 26 heavy (non-hydrogen) atoms. The number of anilines is 1. The largest absolute Gasteiger partial charge is 0.365 e. The van der Waals surface area contributed by atoms with Crippen LogP contribution in [0.1, 0.15) is 30.3 Å². The Kier molecular flexibility index (Phi) is 5.61. The molecule has 1 aromatic carbocycles. The fourth-order valence-corrected chi connectivity index (χ4v) is 3.26. The number of halogens is 1. The molecule has 0 unspecified atom stereocenters. The van der Waals surface area contributed by atoms with Crippen molar-refractivity contribution in [2.75, 3.05) is 24.5 Å². The highest BCUT2D eigenvalue weighted by Gasteiger charge is 2.27. The van der Waals surface area contributed by atoms with Crippen LogP contribution < -0.4 is 4.90 Å². The molecule has 2 heterocycles. The van der Waals surface area contributed by atoms with Crippen LogP contribution >= 0.6 is 0 Å². The van der Waals surface area contributed by atoms with E-state index in [1.165, 1.54) is 12.1 Å². The maximum absolute atomic E-state index is 13.4. The first kappa shape index (κ1) is 18.0. The minimum absolute atomic E-state index is 0.0278. The highest BCUT2D eigenvalue weighted by atomic mass is 19.1. The van der Waals surface area contributed by atoms with E-state index in [4.69, 9.17) is 0 Å². The Morgan fingerprint density at radius 2 is 2.00 bits per heavy atom. The van der Waals surface area contributed by atoms with E-state index >= 15 is 0 Å². The van der Waals surface area contributed by atoms with Crippen LogP contribution in [0, 0.1) is 5.82 Å². The normalized spacial score (nSPS) is 17.2. The van der Waals surface area contributed by atoms with Crippen LogP contribution in [-0.4, -0.2) is 47.3 Å². The standard InChI is InChI=1S/C20H22FN3O2/c1-15-14-23(11-12-24(15)17-6-4-5-16(21)13-17)20(26)9-8-19(25)18-7-2-3-10-22-18/h2-7,10,13,15H,8-9,11-12,14H2,1H3/t15-/m0/s1. The van der Waals surface area contributed by atoms with Crippen LogP contribution in [0.2, 0.25) is 0 Å². The van der Waals surface area contributed by atoms with Crippen molar-refractivity contribution in [3.63, 3.8) is 0 Å². The van der Waals surface area contributed by atoms with Crippen LogP contribution in [0.15, 0.2) is 48.7 Å². The van der Waals surface area contributed by atoms with Gasteiger partial charge in [0, 0.05) is 50.4 Å². The maximum Gasteiger partial charge on any atom is 0.223 e. The van der Waals surface area contributed by atoms with Gasteiger partial charge in [-0.15, -0.1) is 0 Å². The second-order valence-corrected chi connectivity index (χ2v) is 6.50. The van der Waals surface area contributed by atoms with E-state index in [0.29, 0.717) is 25.3 Å². The van der Waals surface area contributed by atoms with Gasteiger partial charge in [-0.05, 0) is 37.3 Å². The lowest BCUT2D eigenvalue weighted by Crippen LogP contribution is -2.53. The predicted molar refractivity (Wildman–Crippen MR) is 97.6 cm³/mol. The summed E-state index contributed by atoms with van der Waals surface area (Å²) in [7, 11) is 0. The second kappa shape index (κ2) is 8.08. The molecule has 1 aliphatic heterocycles. The van der Waals surface area contributed by atoms with Gasteiger partial charge in [-0.25, -0.2) is 4.39 Å². The summed E-state index contributed by atoms with van der Waals surface area (Å²) in [5.74, 6) is -0.411. The minimum atomic E-state index is -0.263. The number of Topliss-reactive ketones (excluding diaryl/α,β-unsaturated/α-hetero) is 1. The van der Waals surface area contributed by atoms with Crippen molar-refractivity contribution >= 4 is 17.4 Å². The topological polar surface area (TPSA) is 53.5 Å². The van der Waals surface area contributed by atoms with E-state index in [2.05, 4.69) is 9.88 Å². The molecular weight excluding hydrogens is 333 g/mol. The summed E-state index contributed by atoms with van der Waals surface area (Å²) in [4.78, 5) is 32.4. The molecule has 0 saturated carbocycles. The van der Waals surface area contributed by atoms with Crippen LogP contribution in [0.25, 0.3) is 0 Å². The Morgan fingerprint density at radius 3 is 2.69 bits per heavy atom. The summed E-state index contributed by atoms with van der Waals surface area (Å²) in [6, 6.07) is 11.8.